The number of rotatable bonds is 8. The topological polar surface area (TPSA) is 44.5 Å². The molecule has 0 bridgehead atoms. The Morgan fingerprint density at radius 3 is 2.35 bits per heavy atom. The molecule has 0 saturated heterocycles. The molecule has 0 fully saturated rings. The molecule has 0 spiro atoms. The Balaban J connectivity index is 1.53. The molecule has 0 aliphatic carbocycles. The van der Waals surface area contributed by atoms with Crippen LogP contribution in [0.15, 0.2) is 54.6 Å². The summed E-state index contributed by atoms with van der Waals surface area (Å²) < 4.78 is 11.1. The zero-order valence-electron chi connectivity index (χ0n) is 11.6. The van der Waals surface area contributed by atoms with E-state index in [2.05, 4.69) is 24.3 Å². The number of hydrogen-bond acceptors (Lipinski definition) is 3. The van der Waals surface area contributed by atoms with E-state index in [1.807, 2.05) is 30.3 Å². The highest BCUT2D eigenvalue weighted by atomic mass is 16.5. The average molecular weight is 271 g/mol. The molecule has 0 unspecified atom stereocenters. The van der Waals surface area contributed by atoms with Crippen molar-refractivity contribution in [2.45, 2.75) is 12.8 Å². The number of aryl methyl sites for hydroxylation is 1. The highest BCUT2D eigenvalue weighted by molar-refractivity contribution is 5.51. The van der Waals surface area contributed by atoms with Crippen molar-refractivity contribution < 1.29 is 9.47 Å². The van der Waals surface area contributed by atoms with Crippen molar-refractivity contribution in [3.63, 3.8) is 0 Å². The summed E-state index contributed by atoms with van der Waals surface area (Å²) in [5.41, 5.74) is 7.80. The van der Waals surface area contributed by atoms with E-state index < -0.39 is 0 Å². The maximum Gasteiger partial charge on any atom is 0.142 e. The van der Waals surface area contributed by atoms with Crippen molar-refractivity contribution in [1.82, 2.24) is 0 Å². The second kappa shape index (κ2) is 8.23. The molecule has 0 amide bonds. The molecule has 0 aliphatic heterocycles. The molecule has 2 aromatic rings. The lowest BCUT2D eigenvalue weighted by Crippen LogP contribution is -2.08. The standard InChI is InChI=1S/C17H21NO2/c18-16-10-4-5-11-17(16)20-14-13-19-12-6-9-15-7-2-1-3-8-15/h1-5,7-8,10-11H,6,9,12-14,18H2. The Bertz CT molecular complexity index is 499. The van der Waals surface area contributed by atoms with E-state index in [1.54, 1.807) is 0 Å². The van der Waals surface area contributed by atoms with Crippen LogP contribution in [0.1, 0.15) is 12.0 Å². The van der Waals surface area contributed by atoms with Crippen molar-refractivity contribution in [2.75, 3.05) is 25.6 Å². The Labute approximate surface area is 120 Å². The first-order chi connectivity index (χ1) is 9.86. The summed E-state index contributed by atoms with van der Waals surface area (Å²) in [6.07, 6.45) is 2.07. The van der Waals surface area contributed by atoms with Crippen LogP contribution >= 0.6 is 0 Å². The molecule has 0 aliphatic rings. The van der Waals surface area contributed by atoms with Gasteiger partial charge in [-0.25, -0.2) is 0 Å². The molecule has 0 heterocycles. The molecule has 2 aromatic carbocycles. The summed E-state index contributed by atoms with van der Waals surface area (Å²) in [5, 5.41) is 0. The first kappa shape index (κ1) is 14.4. The van der Waals surface area contributed by atoms with E-state index in [4.69, 9.17) is 15.2 Å². The fraction of sp³-hybridized carbons (Fsp3) is 0.294. The number of ether oxygens (including phenoxy) is 2. The van der Waals surface area contributed by atoms with Gasteiger partial charge < -0.3 is 15.2 Å². The molecule has 20 heavy (non-hydrogen) atoms. The zero-order valence-corrected chi connectivity index (χ0v) is 11.6. The van der Waals surface area contributed by atoms with Crippen molar-refractivity contribution in [2.24, 2.45) is 0 Å². The van der Waals surface area contributed by atoms with E-state index in [-0.39, 0.29) is 0 Å². The van der Waals surface area contributed by atoms with Gasteiger partial charge in [-0.3, -0.25) is 0 Å². The molecule has 2 rings (SSSR count). The molecule has 0 atom stereocenters. The van der Waals surface area contributed by atoms with Gasteiger partial charge in [-0.15, -0.1) is 0 Å². The summed E-state index contributed by atoms with van der Waals surface area (Å²) in [6.45, 7) is 1.87. The molecule has 3 nitrogen and oxygen atoms in total. The van der Waals surface area contributed by atoms with Crippen LogP contribution in [-0.4, -0.2) is 19.8 Å². The van der Waals surface area contributed by atoms with E-state index in [1.165, 1.54) is 5.56 Å². The van der Waals surface area contributed by atoms with Gasteiger partial charge in [0.25, 0.3) is 0 Å². The minimum absolute atomic E-state index is 0.527. The molecule has 106 valence electrons. The number of anilines is 1. The van der Waals surface area contributed by atoms with Gasteiger partial charge >= 0.3 is 0 Å². The maximum absolute atomic E-state index is 5.78. The summed E-state index contributed by atoms with van der Waals surface area (Å²) in [7, 11) is 0. The maximum atomic E-state index is 5.78. The van der Waals surface area contributed by atoms with Crippen LogP contribution in [0, 0.1) is 0 Å². The molecule has 0 radical (unpaired) electrons. The van der Waals surface area contributed by atoms with Crippen LogP contribution in [0.4, 0.5) is 5.69 Å². The number of benzene rings is 2. The highest BCUT2D eigenvalue weighted by Crippen LogP contribution is 2.19. The summed E-state index contributed by atoms with van der Waals surface area (Å²) in [6, 6.07) is 17.9. The van der Waals surface area contributed by atoms with Crippen LogP contribution in [0.2, 0.25) is 0 Å². The quantitative estimate of drug-likeness (QED) is 0.592. The summed E-state index contributed by atoms with van der Waals surface area (Å²) >= 11 is 0. The largest absolute Gasteiger partial charge is 0.489 e. The molecule has 3 heteroatoms. The molecule has 0 saturated carbocycles. The van der Waals surface area contributed by atoms with Gasteiger partial charge in [-0.05, 0) is 30.5 Å². The van der Waals surface area contributed by atoms with Crippen LogP contribution < -0.4 is 10.5 Å². The average Bonchev–Trinajstić information content (AvgIpc) is 2.49. The van der Waals surface area contributed by atoms with Crippen molar-refractivity contribution in [3.8, 4) is 5.75 Å². The molecular weight excluding hydrogens is 250 g/mol. The minimum Gasteiger partial charge on any atom is -0.489 e. The van der Waals surface area contributed by atoms with E-state index >= 15 is 0 Å². The third-order valence-electron chi connectivity index (χ3n) is 3.00. The number of nitrogens with two attached hydrogens (primary N) is 1. The monoisotopic (exact) mass is 271 g/mol. The minimum atomic E-state index is 0.527. The summed E-state index contributed by atoms with van der Waals surface area (Å²) in [5.74, 6) is 0.723. The predicted molar refractivity (Wildman–Crippen MR) is 81.9 cm³/mol. The zero-order chi connectivity index (χ0) is 14.0. The molecular formula is C17H21NO2. The first-order valence-corrected chi connectivity index (χ1v) is 6.95. The first-order valence-electron chi connectivity index (χ1n) is 6.95. The Morgan fingerprint density at radius 2 is 1.55 bits per heavy atom. The Morgan fingerprint density at radius 1 is 0.800 bits per heavy atom. The van der Waals surface area contributed by atoms with Gasteiger partial charge in [-0.2, -0.15) is 0 Å². The second-order valence-electron chi connectivity index (χ2n) is 4.59. The highest BCUT2D eigenvalue weighted by Gasteiger charge is 1.98. The van der Waals surface area contributed by atoms with Crippen LogP contribution in [-0.2, 0) is 11.2 Å². The Kier molecular flexibility index (Phi) is 5.93. The fourth-order valence-electron chi connectivity index (χ4n) is 1.95. The van der Waals surface area contributed by atoms with E-state index in [0.717, 1.165) is 25.2 Å². The number of hydrogen-bond donors (Lipinski definition) is 1. The normalized spacial score (nSPS) is 10.4. The lowest BCUT2D eigenvalue weighted by molar-refractivity contribution is 0.0988. The van der Waals surface area contributed by atoms with Crippen molar-refractivity contribution >= 4 is 5.69 Å². The lowest BCUT2D eigenvalue weighted by Gasteiger charge is -2.09. The fourth-order valence-corrected chi connectivity index (χ4v) is 1.95. The number of para-hydroxylation sites is 2. The van der Waals surface area contributed by atoms with Gasteiger partial charge in [0.05, 0.1) is 12.3 Å². The smallest absolute Gasteiger partial charge is 0.142 e. The lowest BCUT2D eigenvalue weighted by atomic mass is 10.1. The predicted octanol–water partition coefficient (Wildman–Crippen LogP) is 3.30. The van der Waals surface area contributed by atoms with Crippen LogP contribution in [0.5, 0.6) is 5.75 Å². The third kappa shape index (κ3) is 4.94. The molecule has 0 aromatic heterocycles. The van der Waals surface area contributed by atoms with Crippen molar-refractivity contribution in [1.29, 1.82) is 0 Å². The second-order valence-corrected chi connectivity index (χ2v) is 4.59. The summed E-state index contributed by atoms with van der Waals surface area (Å²) in [4.78, 5) is 0. The van der Waals surface area contributed by atoms with Gasteiger partial charge in [-0.1, -0.05) is 42.5 Å². The van der Waals surface area contributed by atoms with Crippen LogP contribution in [0.25, 0.3) is 0 Å². The van der Waals surface area contributed by atoms with Gasteiger partial charge in [0.2, 0.25) is 0 Å². The van der Waals surface area contributed by atoms with Crippen molar-refractivity contribution in [3.05, 3.63) is 60.2 Å². The van der Waals surface area contributed by atoms with Gasteiger partial charge in [0.1, 0.15) is 12.4 Å². The number of nitrogen functional groups attached to an aromatic ring is 1. The molecule has 2 N–H and O–H groups in total. The van der Waals surface area contributed by atoms with Crippen LogP contribution in [0.3, 0.4) is 0 Å². The van der Waals surface area contributed by atoms with Gasteiger partial charge in [0.15, 0.2) is 0 Å². The third-order valence-corrected chi connectivity index (χ3v) is 3.00. The van der Waals surface area contributed by atoms with Gasteiger partial charge in [0, 0.05) is 6.61 Å². The Hall–Kier alpha value is -2.00. The van der Waals surface area contributed by atoms with E-state index in [9.17, 15) is 0 Å². The van der Waals surface area contributed by atoms with E-state index in [0.29, 0.717) is 18.9 Å². The SMILES string of the molecule is Nc1ccccc1OCCOCCCc1ccccc1.